The molecule has 5 N–H and O–H groups in total. The van der Waals surface area contributed by atoms with Gasteiger partial charge < -0.3 is 30.1 Å². The van der Waals surface area contributed by atoms with Gasteiger partial charge in [-0.1, -0.05) is 109 Å². The molecule has 11 aromatic rings. The van der Waals surface area contributed by atoms with Crippen molar-refractivity contribution in [1.29, 1.82) is 0 Å². The van der Waals surface area contributed by atoms with Crippen LogP contribution in [-0.2, 0) is 0 Å². The molecule has 270 valence electrons. The highest BCUT2D eigenvalue weighted by molar-refractivity contribution is 6.39. The van der Waals surface area contributed by atoms with Crippen LogP contribution >= 0.6 is 0 Å². The number of para-hydroxylation sites is 6. The maximum atomic E-state index is 12.9. The van der Waals surface area contributed by atoms with Gasteiger partial charge in [-0.05, 0) is 41.9 Å². The molecule has 0 amide bonds. The van der Waals surface area contributed by atoms with Gasteiger partial charge in [0.1, 0.15) is 19.4 Å². The number of benzene rings is 7. The standard InChI is InChI=1S/C47H29BN4O5/c48-39-37(38-40(43(55)45(57)44(56)41(38)53)50-31-19-7-1-13-25(31)26-14-2-8-20-32(26)50)42(54)47(52-35-23-11-5-17-29(35)30-18-6-12-24-36(30)52)49-46(39)51-33-21-9-3-15-27(33)28-16-4-10-22-34(28)51/h1-24,53-57H. The van der Waals surface area contributed by atoms with Crippen molar-refractivity contribution in [3.63, 3.8) is 0 Å². The summed E-state index contributed by atoms with van der Waals surface area (Å²) in [6.07, 6.45) is 0. The smallest absolute Gasteiger partial charge is 0.206 e. The summed E-state index contributed by atoms with van der Waals surface area (Å²) in [6.45, 7) is 0. The second-order valence-corrected chi connectivity index (χ2v) is 14.1. The van der Waals surface area contributed by atoms with Crippen molar-refractivity contribution in [1.82, 2.24) is 18.7 Å². The lowest BCUT2D eigenvalue weighted by Crippen LogP contribution is -2.21. The third-order valence-electron chi connectivity index (χ3n) is 11.2. The van der Waals surface area contributed by atoms with Crippen molar-refractivity contribution in [3.8, 4) is 57.2 Å². The number of phenolic OH excluding ortho intramolecular Hbond substituents is 4. The number of pyridine rings is 1. The lowest BCUT2D eigenvalue weighted by atomic mass is 9.85. The minimum absolute atomic E-state index is 0.0645. The normalized spacial score (nSPS) is 11.9. The van der Waals surface area contributed by atoms with E-state index in [0.717, 1.165) is 54.4 Å². The fourth-order valence-corrected chi connectivity index (χ4v) is 8.75. The Morgan fingerprint density at radius 2 is 0.649 bits per heavy atom. The third kappa shape index (κ3) is 4.32. The Morgan fingerprint density at radius 1 is 0.333 bits per heavy atom. The number of phenols is 4. The van der Waals surface area contributed by atoms with E-state index in [9.17, 15) is 25.5 Å². The number of hydrogen-bond donors (Lipinski definition) is 5. The largest absolute Gasteiger partial charge is 0.504 e. The van der Waals surface area contributed by atoms with E-state index in [1.807, 2.05) is 155 Å². The average molecular weight is 741 g/mol. The summed E-state index contributed by atoms with van der Waals surface area (Å²) in [7, 11) is 7.29. The van der Waals surface area contributed by atoms with Gasteiger partial charge in [-0.2, -0.15) is 0 Å². The van der Waals surface area contributed by atoms with Crippen LogP contribution in [-0.4, -0.2) is 52.1 Å². The third-order valence-corrected chi connectivity index (χ3v) is 11.2. The maximum absolute atomic E-state index is 12.9. The van der Waals surface area contributed by atoms with Crippen LogP contribution in [0.2, 0.25) is 0 Å². The summed E-state index contributed by atoms with van der Waals surface area (Å²) < 4.78 is 5.45. The van der Waals surface area contributed by atoms with E-state index in [-0.39, 0.29) is 33.9 Å². The van der Waals surface area contributed by atoms with Crippen molar-refractivity contribution in [2.45, 2.75) is 0 Å². The van der Waals surface area contributed by atoms with Gasteiger partial charge in [0.05, 0.1) is 38.7 Å². The molecule has 9 nitrogen and oxygen atoms in total. The van der Waals surface area contributed by atoms with Crippen LogP contribution in [0.3, 0.4) is 0 Å². The summed E-state index contributed by atoms with van der Waals surface area (Å²) in [5.74, 6) is -3.61. The highest BCUT2D eigenvalue weighted by Gasteiger charge is 2.33. The van der Waals surface area contributed by atoms with Crippen molar-refractivity contribution < 1.29 is 25.5 Å². The zero-order chi connectivity index (χ0) is 38.7. The molecule has 11 rings (SSSR count). The molecular formula is C47H29BN4O5. The van der Waals surface area contributed by atoms with E-state index in [2.05, 4.69) is 0 Å². The van der Waals surface area contributed by atoms with Crippen LogP contribution in [0, 0.1) is 0 Å². The highest BCUT2D eigenvalue weighted by Crippen LogP contribution is 2.56. The quantitative estimate of drug-likeness (QED) is 0.0695. The summed E-state index contributed by atoms with van der Waals surface area (Å²) >= 11 is 0. The van der Waals surface area contributed by atoms with E-state index in [0.29, 0.717) is 11.0 Å². The molecule has 0 bridgehead atoms. The Labute approximate surface area is 324 Å². The van der Waals surface area contributed by atoms with E-state index < -0.39 is 28.7 Å². The van der Waals surface area contributed by atoms with E-state index >= 15 is 0 Å². The van der Waals surface area contributed by atoms with Crippen LogP contribution in [0.5, 0.6) is 28.7 Å². The number of nitrogens with zero attached hydrogens (tertiary/aromatic N) is 4. The van der Waals surface area contributed by atoms with Gasteiger partial charge in [0.25, 0.3) is 0 Å². The molecule has 4 heterocycles. The molecule has 0 aliphatic carbocycles. The Morgan fingerprint density at radius 3 is 1.04 bits per heavy atom. The molecule has 0 atom stereocenters. The van der Waals surface area contributed by atoms with Gasteiger partial charge in [-0.25, -0.2) is 4.98 Å². The number of aromatic nitrogens is 4. The van der Waals surface area contributed by atoms with Crippen LogP contribution in [0.4, 0.5) is 0 Å². The number of rotatable bonds is 4. The van der Waals surface area contributed by atoms with E-state index in [4.69, 9.17) is 12.8 Å². The van der Waals surface area contributed by atoms with Crippen LogP contribution in [0.1, 0.15) is 0 Å². The molecule has 4 aromatic heterocycles. The summed E-state index contributed by atoms with van der Waals surface area (Å²) in [5, 5.41) is 64.9. The fourth-order valence-electron chi connectivity index (χ4n) is 8.75. The number of hydrogen-bond acceptors (Lipinski definition) is 6. The zero-order valence-corrected chi connectivity index (χ0v) is 30.0. The molecule has 57 heavy (non-hydrogen) atoms. The lowest BCUT2D eigenvalue weighted by molar-refractivity contribution is 0.346. The molecular weight excluding hydrogens is 711 g/mol. The molecule has 0 spiro atoms. The summed E-state index contributed by atoms with van der Waals surface area (Å²) in [5.41, 5.74) is 3.77. The lowest BCUT2D eigenvalue weighted by Gasteiger charge is -2.24. The first-order chi connectivity index (χ1) is 27.8. The maximum Gasteiger partial charge on any atom is 0.206 e. The van der Waals surface area contributed by atoms with Gasteiger partial charge >= 0.3 is 0 Å². The predicted octanol–water partition coefficient (Wildman–Crippen LogP) is 9.36. The molecule has 0 unspecified atom stereocenters. The first-order valence-electron chi connectivity index (χ1n) is 18.3. The molecule has 0 saturated heterocycles. The van der Waals surface area contributed by atoms with Crippen molar-refractivity contribution in [3.05, 3.63) is 146 Å². The molecule has 7 aromatic carbocycles. The monoisotopic (exact) mass is 740 g/mol. The topological polar surface area (TPSA) is 129 Å². The Balaban J connectivity index is 1.37. The Hall–Kier alpha value is -7.85. The van der Waals surface area contributed by atoms with Crippen molar-refractivity contribution >= 4 is 78.7 Å². The minimum Gasteiger partial charge on any atom is -0.504 e. The van der Waals surface area contributed by atoms with Gasteiger partial charge in [-0.3, -0.25) is 9.13 Å². The molecule has 0 aliphatic rings. The highest BCUT2D eigenvalue weighted by atomic mass is 16.3. The molecule has 0 fully saturated rings. The molecule has 0 aliphatic heterocycles. The van der Waals surface area contributed by atoms with Crippen molar-refractivity contribution in [2.75, 3.05) is 0 Å². The van der Waals surface area contributed by atoms with E-state index in [1.165, 1.54) is 0 Å². The van der Waals surface area contributed by atoms with Crippen LogP contribution in [0.25, 0.3) is 93.9 Å². The first kappa shape index (κ1) is 32.6. The average Bonchev–Trinajstić information content (AvgIpc) is 3.88. The Bertz CT molecular complexity index is 3210. The molecule has 2 radical (unpaired) electrons. The van der Waals surface area contributed by atoms with Crippen molar-refractivity contribution in [2.24, 2.45) is 0 Å². The second kappa shape index (κ2) is 11.8. The second-order valence-electron chi connectivity index (χ2n) is 14.1. The SMILES string of the molecule is [B]c1c(-n2c3ccccc3c3ccccc32)nc(-n2c3ccccc3c3ccccc32)c(O)c1-c1c(O)c(O)c(O)c(O)c1-n1c2ccccc2c2ccccc21. The number of fused-ring (bicyclic) bond motifs is 9. The first-order valence-corrected chi connectivity index (χ1v) is 18.3. The number of aromatic hydroxyl groups is 5. The Kier molecular flexibility index (Phi) is 6.76. The molecule has 0 saturated carbocycles. The van der Waals surface area contributed by atoms with Crippen LogP contribution < -0.4 is 5.46 Å². The van der Waals surface area contributed by atoms with Gasteiger partial charge in [-0.15, -0.1) is 0 Å². The van der Waals surface area contributed by atoms with Gasteiger partial charge in [0, 0.05) is 37.9 Å². The van der Waals surface area contributed by atoms with Crippen LogP contribution in [0.15, 0.2) is 146 Å². The molecule has 10 heteroatoms. The minimum atomic E-state index is -0.987. The fraction of sp³-hybridized carbons (Fsp3) is 0. The summed E-state index contributed by atoms with van der Waals surface area (Å²) in [6, 6.07) is 46.3. The van der Waals surface area contributed by atoms with E-state index in [1.54, 1.807) is 4.57 Å². The predicted molar refractivity (Wildman–Crippen MR) is 226 cm³/mol. The summed E-state index contributed by atoms with van der Waals surface area (Å²) in [4.78, 5) is 5.22. The van der Waals surface area contributed by atoms with Gasteiger partial charge in [0.2, 0.25) is 11.5 Å². The van der Waals surface area contributed by atoms with Gasteiger partial charge in [0.15, 0.2) is 23.1 Å². The zero-order valence-electron chi connectivity index (χ0n) is 30.0.